The number of ether oxygens (including phenoxy) is 6. The third-order valence-corrected chi connectivity index (χ3v) is 19.2. The lowest BCUT2D eigenvalue weighted by Gasteiger charge is -2.53. The summed E-state index contributed by atoms with van der Waals surface area (Å²) in [6.45, 7) is 16.0. The second-order valence-corrected chi connectivity index (χ2v) is 22.8. The molecule has 0 aromatic carbocycles. The molecule has 7 aliphatic carbocycles. The maximum Gasteiger partial charge on any atom is 0.334 e. The van der Waals surface area contributed by atoms with Crippen LogP contribution in [0.3, 0.4) is 0 Å². The number of rotatable bonds is 13. The van der Waals surface area contributed by atoms with E-state index in [2.05, 4.69) is 65.5 Å². The molecule has 64 heavy (non-hydrogen) atoms. The average Bonchev–Trinajstić information content (AvgIpc) is 4.09. The van der Waals surface area contributed by atoms with Crippen molar-refractivity contribution >= 4 is 17.9 Å². The van der Waals surface area contributed by atoms with Crippen LogP contribution >= 0.6 is 0 Å². The second-order valence-electron chi connectivity index (χ2n) is 22.8. The van der Waals surface area contributed by atoms with Crippen LogP contribution in [0.25, 0.3) is 0 Å². The lowest BCUT2D eigenvalue weighted by atomic mass is 9.46. The first-order chi connectivity index (χ1) is 30.6. The maximum absolute atomic E-state index is 13.8. The third-order valence-electron chi connectivity index (χ3n) is 19.2. The van der Waals surface area contributed by atoms with Crippen molar-refractivity contribution in [3.8, 4) is 0 Å². The van der Waals surface area contributed by atoms with Gasteiger partial charge in [0.15, 0.2) is 11.7 Å². The molecule has 16 atom stereocenters. The molecule has 6 saturated carbocycles. The van der Waals surface area contributed by atoms with Crippen molar-refractivity contribution in [3.63, 3.8) is 0 Å². The van der Waals surface area contributed by atoms with Crippen molar-refractivity contribution in [1.29, 1.82) is 0 Å². The quantitative estimate of drug-likeness (QED) is 0.0610. The Hall–Kier alpha value is -3.09. The summed E-state index contributed by atoms with van der Waals surface area (Å²) >= 11 is 0. The third kappa shape index (κ3) is 6.31. The molecule has 0 aromatic heterocycles. The van der Waals surface area contributed by atoms with Crippen LogP contribution in [-0.2, 0) is 42.8 Å². The zero-order valence-electron chi connectivity index (χ0n) is 38.6. The van der Waals surface area contributed by atoms with Gasteiger partial charge in [0.05, 0.1) is 18.3 Å². The van der Waals surface area contributed by atoms with Crippen LogP contribution in [0.4, 0.5) is 0 Å². The number of carbonyl (C=O) groups is 3. The first-order valence-corrected chi connectivity index (χ1v) is 25.0. The Balaban J connectivity index is 0.693. The maximum atomic E-state index is 13.8. The molecule has 3 saturated heterocycles. The van der Waals surface area contributed by atoms with Crippen molar-refractivity contribution < 1.29 is 53.0 Å². The second kappa shape index (κ2) is 15.2. The zero-order chi connectivity index (χ0) is 44.7. The molecule has 11 nitrogen and oxygen atoms in total. The Labute approximate surface area is 378 Å². The highest BCUT2D eigenvalue weighted by atomic mass is 16.8. The van der Waals surface area contributed by atoms with Gasteiger partial charge in [0.2, 0.25) is 0 Å². The minimum absolute atomic E-state index is 0.0662. The number of aliphatic hydroxyl groups excluding tert-OH is 2. The molecule has 4 heterocycles. The first kappa shape index (κ1) is 43.5. The highest BCUT2D eigenvalue weighted by Gasteiger charge is 3.01. The van der Waals surface area contributed by atoms with Crippen molar-refractivity contribution in [3.05, 3.63) is 58.7 Å². The van der Waals surface area contributed by atoms with Crippen LogP contribution in [0.15, 0.2) is 58.7 Å². The molecule has 11 aliphatic rings. The fourth-order valence-corrected chi connectivity index (χ4v) is 15.5. The van der Waals surface area contributed by atoms with Gasteiger partial charge in [0, 0.05) is 30.3 Å². The molecule has 3 unspecified atom stereocenters. The number of unbranched alkanes of at least 4 members (excludes halogenated alkanes) is 1. The summed E-state index contributed by atoms with van der Waals surface area (Å²) in [6.07, 6.45) is 18.3. The number of allylic oxidation sites excluding steroid dienone is 4. The summed E-state index contributed by atoms with van der Waals surface area (Å²) in [5.74, 6) is 1.22. The van der Waals surface area contributed by atoms with Crippen LogP contribution < -0.4 is 0 Å². The zero-order valence-corrected chi connectivity index (χ0v) is 38.6. The largest absolute Gasteiger partial charge is 0.458 e. The molecular formula is C53H70O11. The highest BCUT2D eigenvalue weighted by molar-refractivity contribution is 5.92. The number of epoxide rings is 3. The van der Waals surface area contributed by atoms with Crippen LogP contribution in [0.5, 0.6) is 0 Å². The van der Waals surface area contributed by atoms with Gasteiger partial charge in [-0.2, -0.15) is 0 Å². The fourth-order valence-electron chi connectivity index (χ4n) is 15.5. The molecule has 0 aromatic rings. The lowest BCUT2D eigenvalue weighted by Crippen LogP contribution is -2.70. The Morgan fingerprint density at radius 1 is 0.906 bits per heavy atom. The summed E-state index contributed by atoms with van der Waals surface area (Å²) in [7, 11) is 0. The van der Waals surface area contributed by atoms with Gasteiger partial charge in [0.25, 0.3) is 0 Å². The predicted molar refractivity (Wildman–Crippen MR) is 235 cm³/mol. The van der Waals surface area contributed by atoms with Crippen molar-refractivity contribution in [2.45, 2.75) is 197 Å². The summed E-state index contributed by atoms with van der Waals surface area (Å²) in [4.78, 5) is 39.6. The van der Waals surface area contributed by atoms with Gasteiger partial charge in [0.1, 0.15) is 36.1 Å². The van der Waals surface area contributed by atoms with E-state index in [1.165, 1.54) is 24.8 Å². The fraction of sp³-hybridized carbons (Fsp3) is 0.755. The molecule has 0 amide bonds. The lowest BCUT2D eigenvalue weighted by molar-refractivity contribution is -0.169. The van der Waals surface area contributed by atoms with Gasteiger partial charge >= 0.3 is 17.9 Å². The van der Waals surface area contributed by atoms with E-state index < -0.39 is 35.1 Å². The molecule has 9 fully saturated rings. The van der Waals surface area contributed by atoms with E-state index in [9.17, 15) is 24.6 Å². The van der Waals surface area contributed by atoms with Gasteiger partial charge in [-0.05, 0) is 141 Å². The topological polar surface area (TPSA) is 157 Å². The number of esters is 3. The number of cyclic esters (lactones) is 1. The van der Waals surface area contributed by atoms with E-state index in [0.29, 0.717) is 62.4 Å². The smallest absolute Gasteiger partial charge is 0.334 e. The molecule has 348 valence electrons. The molecule has 11 rings (SSSR count). The molecule has 11 heteroatoms. The molecular weight excluding hydrogens is 813 g/mol. The number of hydrogen-bond donors (Lipinski definition) is 2. The molecule has 2 N–H and O–H groups in total. The predicted octanol–water partition coefficient (Wildman–Crippen LogP) is 7.87. The molecule has 0 radical (unpaired) electrons. The normalized spacial score (nSPS) is 46.9. The monoisotopic (exact) mass is 882 g/mol. The van der Waals surface area contributed by atoms with Crippen LogP contribution in [0, 0.1) is 46.3 Å². The van der Waals surface area contributed by atoms with E-state index in [4.69, 9.17) is 28.4 Å². The van der Waals surface area contributed by atoms with E-state index in [1.807, 2.05) is 0 Å². The van der Waals surface area contributed by atoms with Crippen molar-refractivity contribution in [2.24, 2.45) is 46.3 Å². The summed E-state index contributed by atoms with van der Waals surface area (Å²) in [5, 5.41) is 21.4. The van der Waals surface area contributed by atoms with E-state index in [0.717, 1.165) is 60.8 Å². The van der Waals surface area contributed by atoms with Gasteiger partial charge < -0.3 is 38.6 Å². The Morgan fingerprint density at radius 2 is 1.67 bits per heavy atom. The molecule has 2 spiro atoms. The van der Waals surface area contributed by atoms with Gasteiger partial charge in [-0.3, -0.25) is 9.59 Å². The Morgan fingerprint density at radius 3 is 2.42 bits per heavy atom. The number of carbonyl (C=O) groups excluding carboxylic acids is 3. The number of aliphatic hydroxyl groups is 2. The number of fused-ring (bicyclic) bond motifs is 5. The van der Waals surface area contributed by atoms with Gasteiger partial charge in [-0.1, -0.05) is 71.1 Å². The van der Waals surface area contributed by atoms with Crippen LogP contribution in [0.2, 0.25) is 0 Å². The van der Waals surface area contributed by atoms with Gasteiger partial charge in [-0.25, -0.2) is 4.79 Å². The molecule has 0 bridgehead atoms. The minimum Gasteiger partial charge on any atom is -0.458 e. The Bertz CT molecular complexity index is 2130. The van der Waals surface area contributed by atoms with Gasteiger partial charge in [-0.15, -0.1) is 0 Å². The minimum atomic E-state index is -0.800. The SMILES string of the molecule is C=C1/C(=C\C=C2/CCC[C@@]3(C)C2CCC3[C@@H](C)/C=C/C(O)C2CC2)C[C@@H](O)C[C@@H]1OC(=O)CCCCC(=O)O[C@@H]1[C@@]2(C(C)C)O[C@H]2[C@@H]2O[C@]23[C@]12O[C@H]2C[C@H]1C2=C(CC[C@@]13C)C(=O)OC2. The summed E-state index contributed by atoms with van der Waals surface area (Å²) in [5.41, 5.74) is 2.82. The number of hydrogen-bond acceptors (Lipinski definition) is 11. The standard InChI is InChI=1S/C53H70O11/c1-28(2)51-45(63-51)46-53(64-46)50(6)23-21-35-36(27-59-47(35)58)39(50)26-42-52(53,62-42)48(51)61-44(57)12-8-7-11-43(56)60-41-25-34(54)24-33(30(41)4)17-14-31-10-9-22-49(5)37(18-19-38(31)49)29(3)13-20-40(55)32-15-16-32/h13-14,17,20,28-29,32,34,37-42,45-46,48,54-55H,4,7-12,15-16,18-19,21-27H2,1-3,5-6H3/b20-13+,31-14+,33-17-/t29-,34+,37?,38?,39-,40?,41-,42-,45-,46-,48+,49+,50-,51-,52+,53+/m0/s1. The van der Waals surface area contributed by atoms with Crippen molar-refractivity contribution in [1.82, 2.24) is 0 Å². The van der Waals surface area contributed by atoms with E-state index in [-0.39, 0.29) is 77.8 Å². The first-order valence-electron chi connectivity index (χ1n) is 25.0. The summed E-state index contributed by atoms with van der Waals surface area (Å²) < 4.78 is 38.1. The van der Waals surface area contributed by atoms with E-state index >= 15 is 0 Å². The van der Waals surface area contributed by atoms with Crippen LogP contribution in [-0.4, -0.2) is 94.3 Å². The average molecular weight is 883 g/mol. The molecule has 4 aliphatic heterocycles. The summed E-state index contributed by atoms with van der Waals surface area (Å²) in [6, 6.07) is 0. The van der Waals surface area contributed by atoms with E-state index in [1.54, 1.807) is 0 Å². The highest BCUT2D eigenvalue weighted by Crippen LogP contribution is 2.83. The Kier molecular flexibility index (Phi) is 10.3. The van der Waals surface area contributed by atoms with Crippen molar-refractivity contribution in [2.75, 3.05) is 6.61 Å². The van der Waals surface area contributed by atoms with Crippen LogP contribution in [0.1, 0.15) is 137 Å².